The number of nitrogens with zero attached hydrogens (tertiary/aromatic N) is 1. The lowest BCUT2D eigenvalue weighted by Crippen LogP contribution is -2.58. The van der Waals surface area contributed by atoms with Crippen molar-refractivity contribution in [2.24, 2.45) is 23.7 Å². The van der Waals surface area contributed by atoms with Crippen LogP contribution in [0.2, 0.25) is 0 Å². The summed E-state index contributed by atoms with van der Waals surface area (Å²) in [6.45, 7) is 0. The Bertz CT molecular complexity index is 2120. The molecule has 1 aliphatic heterocycles. The summed E-state index contributed by atoms with van der Waals surface area (Å²) in [6.07, 6.45) is 3.77. The molecule has 0 radical (unpaired) electrons. The first-order valence-electron chi connectivity index (χ1n) is 16.3. The molecule has 49 heavy (non-hydrogen) atoms. The van der Waals surface area contributed by atoms with Crippen LogP contribution in [0.5, 0.6) is 5.75 Å². The normalized spacial score (nSPS) is 27.5. The second-order valence-corrected chi connectivity index (χ2v) is 13.2. The molecule has 8 rings (SSSR count). The van der Waals surface area contributed by atoms with E-state index in [9.17, 15) is 34.2 Å². The van der Waals surface area contributed by atoms with Crippen LogP contribution in [0.15, 0.2) is 127 Å². The number of para-hydroxylation sites is 1. The first-order valence-corrected chi connectivity index (χ1v) is 16.3. The van der Waals surface area contributed by atoms with Crippen molar-refractivity contribution >= 4 is 40.6 Å². The van der Waals surface area contributed by atoms with Crippen LogP contribution in [0.3, 0.4) is 0 Å². The van der Waals surface area contributed by atoms with E-state index in [1.807, 2.05) is 54.6 Å². The number of amides is 2. The third-order valence-electron chi connectivity index (χ3n) is 11.0. The third kappa shape index (κ3) is 4.40. The summed E-state index contributed by atoms with van der Waals surface area (Å²) < 4.78 is 0. The number of hydrogen-bond donors (Lipinski definition) is 2. The van der Waals surface area contributed by atoms with Gasteiger partial charge < -0.3 is 10.2 Å². The molecule has 3 aliphatic carbocycles. The highest BCUT2D eigenvalue weighted by atomic mass is 16.4. The second-order valence-electron chi connectivity index (χ2n) is 13.2. The van der Waals surface area contributed by atoms with Crippen LogP contribution in [0, 0.1) is 23.7 Å². The summed E-state index contributed by atoms with van der Waals surface area (Å²) in [7, 11) is 0. The minimum atomic E-state index is -1.43. The molecule has 8 heteroatoms. The summed E-state index contributed by atoms with van der Waals surface area (Å²) in [5, 5.41) is 20.8. The zero-order chi connectivity index (χ0) is 34.0. The third-order valence-corrected chi connectivity index (χ3v) is 11.0. The van der Waals surface area contributed by atoms with Crippen LogP contribution >= 0.6 is 0 Å². The molecule has 1 saturated heterocycles. The number of carbonyl (C=O) groups is 5. The molecule has 2 fully saturated rings. The van der Waals surface area contributed by atoms with Crippen molar-refractivity contribution in [1.29, 1.82) is 0 Å². The zero-order valence-electron chi connectivity index (χ0n) is 26.2. The summed E-state index contributed by atoms with van der Waals surface area (Å²) in [5.74, 6) is -6.28. The molecule has 1 saturated carbocycles. The molecule has 242 valence electrons. The van der Waals surface area contributed by atoms with E-state index in [4.69, 9.17) is 0 Å². The zero-order valence-corrected chi connectivity index (χ0v) is 26.2. The van der Waals surface area contributed by atoms with Gasteiger partial charge >= 0.3 is 5.97 Å². The number of benzene rings is 4. The summed E-state index contributed by atoms with van der Waals surface area (Å²) >= 11 is 0. The van der Waals surface area contributed by atoms with Crippen LogP contribution in [-0.2, 0) is 24.6 Å². The maximum atomic E-state index is 15.0. The number of imide groups is 1. The first-order chi connectivity index (χ1) is 23.7. The average molecular weight is 650 g/mol. The Morgan fingerprint density at radius 3 is 2.08 bits per heavy atom. The number of phenolic OH excluding ortho intramolecular Hbond substituents is 1. The largest absolute Gasteiger partial charge is 0.508 e. The van der Waals surface area contributed by atoms with E-state index in [1.165, 1.54) is 30.3 Å². The number of carbonyl (C=O) groups excluding carboxylic acids is 4. The van der Waals surface area contributed by atoms with Crippen molar-refractivity contribution < 1.29 is 34.2 Å². The van der Waals surface area contributed by atoms with Gasteiger partial charge in [-0.05, 0) is 66.3 Å². The topological polar surface area (TPSA) is 129 Å². The molecule has 0 aromatic heterocycles. The Morgan fingerprint density at radius 2 is 1.41 bits per heavy atom. The highest BCUT2D eigenvalue weighted by Gasteiger charge is 2.66. The Balaban J connectivity index is 1.33. The van der Waals surface area contributed by atoms with Crippen molar-refractivity contribution in [2.45, 2.75) is 24.2 Å². The quantitative estimate of drug-likeness (QED) is 0.197. The monoisotopic (exact) mass is 649 g/mol. The van der Waals surface area contributed by atoms with Crippen molar-refractivity contribution in [2.75, 3.05) is 4.90 Å². The fraction of sp³-hybridized carbons (Fsp3) is 0.195. The SMILES string of the molecule is O=C(O)c1ccc(N2C(=O)[C@H]3[C@H](CC=C4[C@H]3C[C@H]3C(=O)C(c5ccccc5)=CC(=O)[C@@]3(c3ccccc3)[C@H]4c3ccccc3O)C2=O)cc1. The maximum Gasteiger partial charge on any atom is 0.335 e. The number of allylic oxidation sites excluding steroid dienone is 4. The van der Waals surface area contributed by atoms with Crippen molar-refractivity contribution in [1.82, 2.24) is 0 Å². The number of anilines is 1. The van der Waals surface area contributed by atoms with Gasteiger partial charge in [0.2, 0.25) is 11.8 Å². The van der Waals surface area contributed by atoms with E-state index in [1.54, 1.807) is 36.4 Å². The van der Waals surface area contributed by atoms with Crippen LogP contribution in [-0.4, -0.2) is 39.6 Å². The predicted molar refractivity (Wildman–Crippen MR) is 181 cm³/mol. The fourth-order valence-electron chi connectivity index (χ4n) is 8.96. The van der Waals surface area contributed by atoms with Gasteiger partial charge in [0.25, 0.3) is 0 Å². The van der Waals surface area contributed by atoms with E-state index in [0.29, 0.717) is 22.3 Å². The smallest absolute Gasteiger partial charge is 0.335 e. The molecule has 0 bridgehead atoms. The van der Waals surface area contributed by atoms with Gasteiger partial charge in [-0.1, -0.05) is 90.5 Å². The molecule has 8 nitrogen and oxygen atoms in total. The van der Waals surface area contributed by atoms with Gasteiger partial charge in [-0.2, -0.15) is 0 Å². The lowest BCUT2D eigenvalue weighted by molar-refractivity contribution is -0.135. The molecule has 1 heterocycles. The Morgan fingerprint density at radius 1 is 0.755 bits per heavy atom. The lowest BCUT2D eigenvalue weighted by Gasteiger charge is -2.55. The van der Waals surface area contributed by atoms with Crippen LogP contribution < -0.4 is 4.90 Å². The number of carboxylic acid groups (broad SMARTS) is 1. The van der Waals surface area contributed by atoms with Crippen LogP contribution in [0.1, 0.15) is 45.8 Å². The molecule has 6 atom stereocenters. The highest BCUT2D eigenvalue weighted by molar-refractivity contribution is 6.32. The summed E-state index contributed by atoms with van der Waals surface area (Å²) in [5.41, 5.74) is 1.67. The first kappa shape index (κ1) is 30.4. The van der Waals surface area contributed by atoms with E-state index >= 15 is 0 Å². The fourth-order valence-corrected chi connectivity index (χ4v) is 8.96. The highest BCUT2D eigenvalue weighted by Crippen LogP contribution is 2.64. The minimum Gasteiger partial charge on any atom is -0.508 e. The van der Waals surface area contributed by atoms with E-state index in [0.717, 1.165) is 10.5 Å². The second kappa shape index (κ2) is 11.4. The molecule has 4 aromatic carbocycles. The van der Waals surface area contributed by atoms with Gasteiger partial charge in [-0.25, -0.2) is 4.79 Å². The lowest BCUT2D eigenvalue weighted by atomic mass is 9.44. The van der Waals surface area contributed by atoms with Crippen molar-refractivity contribution in [3.05, 3.63) is 149 Å². The van der Waals surface area contributed by atoms with Gasteiger partial charge in [-0.15, -0.1) is 0 Å². The van der Waals surface area contributed by atoms with E-state index in [2.05, 4.69) is 0 Å². The molecule has 0 spiro atoms. The van der Waals surface area contributed by atoms with Crippen LogP contribution in [0.4, 0.5) is 5.69 Å². The van der Waals surface area contributed by atoms with E-state index < -0.39 is 46.9 Å². The van der Waals surface area contributed by atoms with Gasteiger partial charge in [0.15, 0.2) is 11.6 Å². The number of aromatic hydroxyl groups is 1. The summed E-state index contributed by atoms with van der Waals surface area (Å²) in [6, 6.07) is 30.7. The van der Waals surface area contributed by atoms with Gasteiger partial charge in [0.1, 0.15) is 5.75 Å². The number of carboxylic acids is 1. The predicted octanol–water partition coefficient (Wildman–Crippen LogP) is 6.12. The van der Waals surface area contributed by atoms with E-state index in [-0.39, 0.29) is 47.3 Å². The Hall–Kier alpha value is -5.89. The number of rotatable bonds is 5. The number of hydrogen-bond acceptors (Lipinski definition) is 6. The number of aromatic carboxylic acids is 1. The Kier molecular flexibility index (Phi) is 7.07. The van der Waals surface area contributed by atoms with Gasteiger partial charge in [0.05, 0.1) is 28.5 Å². The molecule has 4 aliphatic rings. The van der Waals surface area contributed by atoms with Crippen LogP contribution in [0.25, 0.3) is 5.57 Å². The molecular formula is C41H31NO7. The molecule has 2 amide bonds. The molecular weight excluding hydrogens is 618 g/mol. The summed E-state index contributed by atoms with van der Waals surface area (Å²) in [4.78, 5) is 70.9. The van der Waals surface area contributed by atoms with Gasteiger partial charge in [-0.3, -0.25) is 24.1 Å². The molecule has 2 N–H and O–H groups in total. The average Bonchev–Trinajstić information content (AvgIpc) is 3.39. The maximum absolute atomic E-state index is 15.0. The van der Waals surface area contributed by atoms with Crippen molar-refractivity contribution in [3.63, 3.8) is 0 Å². The standard InChI is InChI=1S/C41H31NO7/c43-33-14-8-7-13-28(33)36-27-19-20-29-35(39(47)42(38(29)46)26-17-15-24(16-18-26)40(48)49)31(27)21-32-37(45)30(23-9-3-1-4-10-23)22-34(44)41(32,36)25-11-5-2-6-12-25/h1-19,22,29,31-32,35-36,43H,20-21H2,(H,48,49)/t29-,31+,32-,35-,36+,41-/m0/s1. The minimum absolute atomic E-state index is 0.0296. The number of ketones is 2. The van der Waals surface area contributed by atoms with Gasteiger partial charge in [0, 0.05) is 23.0 Å². The Labute approximate surface area is 282 Å². The molecule has 0 unspecified atom stereocenters. The van der Waals surface area contributed by atoms with Crippen molar-refractivity contribution in [3.8, 4) is 5.75 Å². The molecule has 4 aromatic rings. The number of Topliss-reactive ketones (excluding diaryl/α,β-unsaturated/α-hetero) is 1. The number of phenols is 1. The number of fused-ring (bicyclic) bond motifs is 4.